The van der Waals surface area contributed by atoms with Gasteiger partial charge in [0.2, 0.25) is 0 Å². The Morgan fingerprint density at radius 3 is 2.57 bits per heavy atom. The topological polar surface area (TPSA) is 90.6 Å². The van der Waals surface area contributed by atoms with E-state index < -0.39 is 5.97 Å². The minimum atomic E-state index is -0.489. The van der Waals surface area contributed by atoms with Gasteiger partial charge in [0, 0.05) is 5.54 Å². The van der Waals surface area contributed by atoms with Crippen molar-refractivity contribution in [1.29, 1.82) is 0 Å². The van der Waals surface area contributed by atoms with Gasteiger partial charge in [-0.2, -0.15) is 0 Å². The van der Waals surface area contributed by atoms with Crippen LogP contribution >= 0.6 is 0 Å². The minimum Gasteiger partial charge on any atom is -0.482 e. The van der Waals surface area contributed by atoms with Crippen LogP contribution < -0.4 is 15.8 Å². The fourth-order valence-electron chi connectivity index (χ4n) is 1.55. The lowest BCUT2D eigenvalue weighted by atomic mass is 10.0. The summed E-state index contributed by atoms with van der Waals surface area (Å²) in [5.74, 6) is -0.455. The summed E-state index contributed by atoms with van der Waals surface area (Å²) in [6.07, 6.45) is 0.804. The molecule has 21 heavy (non-hydrogen) atoms. The third-order valence-electron chi connectivity index (χ3n) is 3.16. The van der Waals surface area contributed by atoms with Crippen LogP contribution in [0, 0.1) is 0 Å². The highest BCUT2D eigenvalue weighted by Gasteiger charge is 2.18. The number of nitrogens with two attached hydrogens (primary N) is 1. The molecule has 6 nitrogen and oxygen atoms in total. The van der Waals surface area contributed by atoms with Gasteiger partial charge in [0.05, 0.1) is 18.4 Å². The zero-order valence-electron chi connectivity index (χ0n) is 12.9. The molecule has 0 heterocycles. The van der Waals surface area contributed by atoms with Crippen molar-refractivity contribution >= 4 is 17.6 Å². The average Bonchev–Trinajstić information content (AvgIpc) is 2.45. The Bertz CT molecular complexity index is 526. The van der Waals surface area contributed by atoms with Crippen molar-refractivity contribution in [1.82, 2.24) is 5.32 Å². The normalized spacial score (nSPS) is 10.9. The maximum atomic E-state index is 11.8. The molecule has 0 radical (unpaired) electrons. The summed E-state index contributed by atoms with van der Waals surface area (Å²) in [5.41, 5.74) is 6.14. The van der Waals surface area contributed by atoms with E-state index in [4.69, 9.17) is 10.5 Å². The molecule has 0 aliphatic carbocycles. The van der Waals surface area contributed by atoms with Crippen molar-refractivity contribution < 1.29 is 19.1 Å². The van der Waals surface area contributed by atoms with Gasteiger partial charge in [-0.3, -0.25) is 4.79 Å². The van der Waals surface area contributed by atoms with Gasteiger partial charge in [-0.1, -0.05) is 6.92 Å². The van der Waals surface area contributed by atoms with E-state index in [1.54, 1.807) is 0 Å². The van der Waals surface area contributed by atoms with Crippen LogP contribution in [-0.2, 0) is 9.53 Å². The number of hydrogen-bond donors (Lipinski definition) is 2. The van der Waals surface area contributed by atoms with Crippen LogP contribution in [0.15, 0.2) is 18.2 Å². The van der Waals surface area contributed by atoms with Crippen LogP contribution in [0.3, 0.4) is 0 Å². The number of methoxy groups -OCH3 is 1. The van der Waals surface area contributed by atoms with Crippen LogP contribution in [0.2, 0.25) is 0 Å². The number of anilines is 1. The van der Waals surface area contributed by atoms with E-state index in [2.05, 4.69) is 10.1 Å². The van der Waals surface area contributed by atoms with E-state index in [1.165, 1.54) is 25.3 Å². The molecule has 0 saturated heterocycles. The molecule has 1 aromatic rings. The molecule has 0 aliphatic heterocycles. The molecule has 0 unspecified atom stereocenters. The molecule has 6 heteroatoms. The van der Waals surface area contributed by atoms with E-state index in [0.717, 1.165) is 6.42 Å². The second kappa shape index (κ2) is 6.97. The van der Waals surface area contributed by atoms with E-state index in [-0.39, 0.29) is 23.8 Å². The van der Waals surface area contributed by atoms with Gasteiger partial charge in [-0.25, -0.2) is 4.79 Å². The number of esters is 1. The molecule has 0 atom stereocenters. The molecule has 3 N–H and O–H groups in total. The first-order valence-electron chi connectivity index (χ1n) is 6.70. The van der Waals surface area contributed by atoms with E-state index in [9.17, 15) is 9.59 Å². The number of carbonyl (C=O) groups is 2. The Morgan fingerprint density at radius 2 is 2.00 bits per heavy atom. The van der Waals surface area contributed by atoms with Crippen LogP contribution in [0.4, 0.5) is 5.69 Å². The average molecular weight is 294 g/mol. The molecular formula is C15H22N2O4. The van der Waals surface area contributed by atoms with E-state index in [1.807, 2.05) is 20.8 Å². The Labute approximate surface area is 124 Å². The van der Waals surface area contributed by atoms with Crippen molar-refractivity contribution in [2.75, 3.05) is 19.5 Å². The van der Waals surface area contributed by atoms with Crippen molar-refractivity contribution in [2.24, 2.45) is 0 Å². The summed E-state index contributed by atoms with van der Waals surface area (Å²) in [5, 5.41) is 2.85. The van der Waals surface area contributed by atoms with Gasteiger partial charge in [0.1, 0.15) is 5.75 Å². The fourth-order valence-corrected chi connectivity index (χ4v) is 1.55. The zero-order valence-corrected chi connectivity index (χ0v) is 12.9. The van der Waals surface area contributed by atoms with Crippen molar-refractivity contribution in [3.63, 3.8) is 0 Å². The first-order valence-corrected chi connectivity index (χ1v) is 6.70. The largest absolute Gasteiger partial charge is 0.482 e. The number of amides is 1. The predicted molar refractivity (Wildman–Crippen MR) is 80.2 cm³/mol. The Kier molecular flexibility index (Phi) is 5.58. The third kappa shape index (κ3) is 4.98. The van der Waals surface area contributed by atoms with Crippen LogP contribution in [-0.4, -0.2) is 31.1 Å². The maximum absolute atomic E-state index is 11.8. The van der Waals surface area contributed by atoms with Crippen LogP contribution in [0.1, 0.15) is 37.6 Å². The van der Waals surface area contributed by atoms with E-state index >= 15 is 0 Å². The number of nitrogen functional groups attached to an aromatic ring is 1. The summed E-state index contributed by atoms with van der Waals surface area (Å²) in [6, 6.07) is 4.53. The van der Waals surface area contributed by atoms with E-state index in [0.29, 0.717) is 11.3 Å². The monoisotopic (exact) mass is 294 g/mol. The summed E-state index contributed by atoms with van der Waals surface area (Å²) in [4.78, 5) is 23.3. The number of carbonyl (C=O) groups excluding carboxylic acids is 2. The molecule has 1 aromatic carbocycles. The molecular weight excluding hydrogens is 272 g/mol. The van der Waals surface area contributed by atoms with Gasteiger partial charge in [-0.15, -0.1) is 0 Å². The van der Waals surface area contributed by atoms with Crippen molar-refractivity contribution in [3.05, 3.63) is 23.8 Å². The lowest BCUT2D eigenvalue weighted by Crippen LogP contribution is -2.44. The second-order valence-electron chi connectivity index (χ2n) is 5.32. The first-order chi connectivity index (χ1) is 9.79. The zero-order chi connectivity index (χ0) is 16.0. The number of hydrogen-bond acceptors (Lipinski definition) is 5. The lowest BCUT2D eigenvalue weighted by molar-refractivity contribution is -0.124. The molecule has 0 aliphatic rings. The number of benzene rings is 1. The van der Waals surface area contributed by atoms with Gasteiger partial charge < -0.3 is 20.5 Å². The maximum Gasteiger partial charge on any atom is 0.337 e. The number of rotatable bonds is 6. The fraction of sp³-hybridized carbons (Fsp3) is 0.467. The number of nitrogens with one attached hydrogen (secondary N) is 1. The molecule has 0 spiro atoms. The molecule has 116 valence electrons. The molecule has 0 fully saturated rings. The predicted octanol–water partition coefficient (Wildman–Crippen LogP) is 1.74. The molecule has 1 rings (SSSR count). The molecule has 0 saturated carbocycles. The summed E-state index contributed by atoms with van der Waals surface area (Å²) in [7, 11) is 1.29. The smallest absolute Gasteiger partial charge is 0.337 e. The van der Waals surface area contributed by atoms with Gasteiger partial charge >= 0.3 is 5.97 Å². The third-order valence-corrected chi connectivity index (χ3v) is 3.16. The SMILES string of the molecule is CCC(C)(C)NC(=O)COc1cc(C(=O)OC)ccc1N. The van der Waals surface area contributed by atoms with Crippen molar-refractivity contribution in [3.8, 4) is 5.75 Å². The van der Waals surface area contributed by atoms with Crippen LogP contribution in [0.5, 0.6) is 5.75 Å². The second-order valence-corrected chi connectivity index (χ2v) is 5.32. The van der Waals surface area contributed by atoms with Gasteiger partial charge in [-0.05, 0) is 38.5 Å². The highest BCUT2D eigenvalue weighted by Crippen LogP contribution is 2.23. The highest BCUT2D eigenvalue weighted by molar-refractivity contribution is 5.90. The highest BCUT2D eigenvalue weighted by atomic mass is 16.5. The minimum absolute atomic E-state index is 0.168. The standard InChI is InChI=1S/C15H22N2O4/c1-5-15(2,3)17-13(18)9-21-12-8-10(14(19)20-4)6-7-11(12)16/h6-8H,5,9,16H2,1-4H3,(H,17,18). The first kappa shape index (κ1) is 16.8. The van der Waals surface area contributed by atoms with Gasteiger partial charge in [0.25, 0.3) is 5.91 Å². The molecule has 0 aromatic heterocycles. The Morgan fingerprint density at radius 1 is 1.33 bits per heavy atom. The number of ether oxygens (including phenoxy) is 2. The summed E-state index contributed by atoms with van der Waals surface area (Å²) in [6.45, 7) is 5.67. The van der Waals surface area contributed by atoms with Crippen LogP contribution in [0.25, 0.3) is 0 Å². The lowest BCUT2D eigenvalue weighted by Gasteiger charge is -2.24. The summed E-state index contributed by atoms with van der Waals surface area (Å²) >= 11 is 0. The molecule has 1 amide bonds. The summed E-state index contributed by atoms with van der Waals surface area (Å²) < 4.78 is 10.0. The Hall–Kier alpha value is -2.24. The Balaban J connectivity index is 2.71. The quantitative estimate of drug-likeness (QED) is 0.616. The van der Waals surface area contributed by atoms with Crippen molar-refractivity contribution in [2.45, 2.75) is 32.7 Å². The van der Waals surface area contributed by atoms with Gasteiger partial charge in [0.15, 0.2) is 6.61 Å². The molecule has 0 bridgehead atoms.